The number of hydrogen-bond donors (Lipinski definition) is 0. The molecule has 0 amide bonds. The third-order valence-electron chi connectivity index (χ3n) is 15.1. The number of rotatable bonds is 58. The van der Waals surface area contributed by atoms with Gasteiger partial charge < -0.3 is 14.2 Å². The lowest BCUT2D eigenvalue weighted by Crippen LogP contribution is -2.30. The van der Waals surface area contributed by atoms with E-state index in [4.69, 9.17) is 14.2 Å². The fourth-order valence-corrected chi connectivity index (χ4v) is 9.90. The first-order valence-electron chi connectivity index (χ1n) is 31.8. The summed E-state index contributed by atoms with van der Waals surface area (Å²) in [4.78, 5) is 38.2. The third kappa shape index (κ3) is 55.7. The second kappa shape index (κ2) is 56.7. The summed E-state index contributed by atoms with van der Waals surface area (Å²) < 4.78 is 16.9. The summed E-state index contributed by atoms with van der Waals surface area (Å²) in [6.45, 7) is 11.5. The van der Waals surface area contributed by atoms with Crippen molar-refractivity contribution in [3.05, 3.63) is 0 Å². The van der Waals surface area contributed by atoms with Gasteiger partial charge in [0, 0.05) is 19.3 Å². The molecule has 2 atom stereocenters. The smallest absolute Gasteiger partial charge is 0.306 e. The van der Waals surface area contributed by atoms with Crippen molar-refractivity contribution < 1.29 is 28.6 Å². The molecule has 0 fully saturated rings. The Morgan fingerprint density at radius 1 is 0.300 bits per heavy atom. The van der Waals surface area contributed by atoms with Crippen molar-refractivity contribution in [2.24, 2.45) is 11.8 Å². The molecule has 6 heteroatoms. The molecule has 0 spiro atoms. The molecule has 0 bridgehead atoms. The number of hydrogen-bond acceptors (Lipinski definition) is 6. The summed E-state index contributed by atoms with van der Waals surface area (Å²) in [5, 5.41) is 0. The summed E-state index contributed by atoms with van der Waals surface area (Å²) >= 11 is 0. The highest BCUT2D eigenvalue weighted by Gasteiger charge is 2.19. The average molecular weight is 990 g/mol. The summed E-state index contributed by atoms with van der Waals surface area (Å²) in [6.07, 6.45) is 62.5. The third-order valence-corrected chi connectivity index (χ3v) is 15.1. The van der Waals surface area contributed by atoms with E-state index in [1.165, 1.54) is 250 Å². The highest BCUT2D eigenvalue weighted by atomic mass is 16.6. The van der Waals surface area contributed by atoms with Crippen LogP contribution < -0.4 is 0 Å². The maximum atomic E-state index is 12.9. The second-order valence-electron chi connectivity index (χ2n) is 22.8. The Kier molecular flexibility index (Phi) is 55.4. The van der Waals surface area contributed by atoms with Crippen molar-refractivity contribution in [2.75, 3.05) is 13.2 Å². The summed E-state index contributed by atoms with van der Waals surface area (Å²) in [5.41, 5.74) is 0. The van der Waals surface area contributed by atoms with Crippen LogP contribution in [-0.4, -0.2) is 37.2 Å². The van der Waals surface area contributed by atoms with E-state index in [0.717, 1.165) is 69.6 Å². The van der Waals surface area contributed by atoms with Crippen LogP contribution in [0.3, 0.4) is 0 Å². The average Bonchev–Trinajstić information content (AvgIpc) is 3.35. The van der Waals surface area contributed by atoms with Crippen LogP contribution in [0.25, 0.3) is 0 Å². The van der Waals surface area contributed by atoms with E-state index in [1.807, 2.05) is 0 Å². The topological polar surface area (TPSA) is 78.9 Å². The van der Waals surface area contributed by atoms with Gasteiger partial charge in [0.1, 0.15) is 13.2 Å². The Morgan fingerprint density at radius 3 is 0.814 bits per heavy atom. The molecule has 0 radical (unpaired) electrons. The number of carbonyl (C=O) groups is 3. The molecule has 1 unspecified atom stereocenters. The van der Waals surface area contributed by atoms with Gasteiger partial charge >= 0.3 is 17.9 Å². The Labute approximate surface area is 438 Å². The first-order valence-corrected chi connectivity index (χ1v) is 31.8. The highest BCUT2D eigenvalue weighted by molar-refractivity contribution is 5.71. The lowest BCUT2D eigenvalue weighted by atomic mass is 9.99. The molecule has 0 heterocycles. The van der Waals surface area contributed by atoms with Crippen LogP contribution in [0.15, 0.2) is 0 Å². The van der Waals surface area contributed by atoms with Crippen molar-refractivity contribution in [1.29, 1.82) is 0 Å². The summed E-state index contributed by atoms with van der Waals surface area (Å²) in [6, 6.07) is 0. The molecule has 0 N–H and O–H groups in total. The van der Waals surface area contributed by atoms with Crippen LogP contribution in [-0.2, 0) is 28.6 Å². The summed E-state index contributed by atoms with van der Waals surface area (Å²) in [5.74, 6) is 0.932. The van der Waals surface area contributed by atoms with Gasteiger partial charge in [-0.2, -0.15) is 0 Å². The molecule has 0 saturated heterocycles. The van der Waals surface area contributed by atoms with Crippen LogP contribution in [0.2, 0.25) is 0 Å². The predicted molar refractivity (Wildman–Crippen MR) is 303 cm³/mol. The molecule has 0 aromatic carbocycles. The first kappa shape index (κ1) is 68.4. The van der Waals surface area contributed by atoms with Crippen molar-refractivity contribution in [3.63, 3.8) is 0 Å². The molecular formula is C64H124O6. The minimum absolute atomic E-state index is 0.0621. The van der Waals surface area contributed by atoms with Gasteiger partial charge in [-0.25, -0.2) is 0 Å². The van der Waals surface area contributed by atoms with Crippen molar-refractivity contribution in [1.82, 2.24) is 0 Å². The Bertz CT molecular complexity index is 1070. The van der Waals surface area contributed by atoms with Crippen LogP contribution in [0.1, 0.15) is 362 Å². The van der Waals surface area contributed by atoms with E-state index in [-0.39, 0.29) is 31.1 Å². The van der Waals surface area contributed by atoms with Crippen LogP contribution in [0.5, 0.6) is 0 Å². The lowest BCUT2D eigenvalue weighted by Gasteiger charge is -2.18. The van der Waals surface area contributed by atoms with E-state index < -0.39 is 6.10 Å². The van der Waals surface area contributed by atoms with Crippen molar-refractivity contribution >= 4 is 17.9 Å². The van der Waals surface area contributed by atoms with Gasteiger partial charge in [-0.3, -0.25) is 14.4 Å². The van der Waals surface area contributed by atoms with Gasteiger partial charge in [-0.15, -0.1) is 0 Å². The molecule has 0 saturated carbocycles. The van der Waals surface area contributed by atoms with Gasteiger partial charge in [0.15, 0.2) is 6.10 Å². The molecule has 70 heavy (non-hydrogen) atoms. The monoisotopic (exact) mass is 989 g/mol. The lowest BCUT2D eigenvalue weighted by molar-refractivity contribution is -0.167. The highest BCUT2D eigenvalue weighted by Crippen LogP contribution is 2.19. The molecular weight excluding hydrogens is 865 g/mol. The summed E-state index contributed by atoms with van der Waals surface area (Å²) in [7, 11) is 0. The fraction of sp³-hybridized carbons (Fsp3) is 0.953. The zero-order valence-corrected chi connectivity index (χ0v) is 48.2. The predicted octanol–water partition coefficient (Wildman–Crippen LogP) is 21.2. The van der Waals surface area contributed by atoms with Crippen molar-refractivity contribution in [2.45, 2.75) is 368 Å². The van der Waals surface area contributed by atoms with E-state index >= 15 is 0 Å². The van der Waals surface area contributed by atoms with Crippen LogP contribution in [0.4, 0.5) is 0 Å². The number of carbonyl (C=O) groups excluding carboxylic acids is 3. The number of esters is 3. The molecule has 0 aliphatic carbocycles. The zero-order valence-electron chi connectivity index (χ0n) is 48.2. The largest absolute Gasteiger partial charge is 0.462 e. The molecule has 0 aromatic rings. The zero-order chi connectivity index (χ0) is 51.1. The Morgan fingerprint density at radius 2 is 0.543 bits per heavy atom. The van der Waals surface area contributed by atoms with E-state index in [9.17, 15) is 14.4 Å². The molecule has 0 rings (SSSR count). The van der Waals surface area contributed by atoms with Crippen LogP contribution >= 0.6 is 0 Å². The Balaban J connectivity index is 4.15. The number of ether oxygens (including phenoxy) is 3. The van der Waals surface area contributed by atoms with Gasteiger partial charge in [-0.05, 0) is 31.1 Å². The van der Waals surface area contributed by atoms with E-state index in [2.05, 4.69) is 34.6 Å². The normalized spacial score (nSPS) is 12.4. The molecule has 0 aliphatic rings. The van der Waals surface area contributed by atoms with Crippen molar-refractivity contribution in [3.8, 4) is 0 Å². The van der Waals surface area contributed by atoms with E-state index in [1.54, 1.807) is 0 Å². The van der Waals surface area contributed by atoms with Gasteiger partial charge in [0.05, 0.1) is 0 Å². The number of unbranched alkanes of at least 4 members (excludes halogenated alkanes) is 42. The molecule has 416 valence electrons. The minimum atomic E-state index is -0.762. The fourth-order valence-electron chi connectivity index (χ4n) is 9.90. The first-order chi connectivity index (χ1) is 34.3. The molecule has 0 aliphatic heterocycles. The van der Waals surface area contributed by atoms with Crippen LogP contribution in [0, 0.1) is 11.8 Å². The minimum Gasteiger partial charge on any atom is -0.462 e. The molecule has 0 aromatic heterocycles. The second-order valence-corrected chi connectivity index (χ2v) is 22.8. The maximum Gasteiger partial charge on any atom is 0.306 e. The standard InChI is InChI=1S/C64H124O6/c1-6-8-9-10-11-32-39-44-49-54-62(65)68-57-61(58-69-63(66)55-50-45-40-35-30-26-22-18-14-12-16-20-24-28-33-37-42-47-52-59(3)4)70-64(67)56-51-46-41-36-31-27-23-19-15-13-17-21-25-29-34-38-43-48-53-60(5)7-2/h59-61H,6-58H2,1-5H3/t60?,61-/m0/s1. The quantitative estimate of drug-likeness (QED) is 0.0343. The SMILES string of the molecule is CCCCCCCCCCCC(=O)OC[C@@H](COC(=O)CCCCCCCCCCCCCCCCCCCCC(C)C)OC(=O)CCCCCCCCCCCCCCCCCCCCC(C)CC. The van der Waals surface area contributed by atoms with Gasteiger partial charge in [-0.1, -0.05) is 324 Å². The van der Waals surface area contributed by atoms with E-state index in [0.29, 0.717) is 19.3 Å². The maximum absolute atomic E-state index is 12.9. The Hall–Kier alpha value is -1.59. The van der Waals surface area contributed by atoms with Gasteiger partial charge in [0.25, 0.3) is 0 Å². The van der Waals surface area contributed by atoms with Gasteiger partial charge in [0.2, 0.25) is 0 Å². The molecule has 6 nitrogen and oxygen atoms in total.